The molecule has 0 aliphatic heterocycles. The van der Waals surface area contributed by atoms with Crippen LogP contribution in [0, 0.1) is 17.0 Å². The van der Waals surface area contributed by atoms with Gasteiger partial charge in [0.2, 0.25) is 5.69 Å². The number of aryl methyl sites for hydroxylation is 1. The van der Waals surface area contributed by atoms with Crippen molar-refractivity contribution in [2.45, 2.75) is 33.7 Å². The summed E-state index contributed by atoms with van der Waals surface area (Å²) in [5.74, 6) is -0.714. The third-order valence-corrected chi connectivity index (χ3v) is 2.19. The van der Waals surface area contributed by atoms with E-state index < -0.39 is 10.9 Å². The van der Waals surface area contributed by atoms with Gasteiger partial charge < -0.3 is 4.74 Å². The van der Waals surface area contributed by atoms with Gasteiger partial charge in [-0.1, -0.05) is 0 Å². The summed E-state index contributed by atoms with van der Waals surface area (Å²) in [7, 11) is 0. The molecule has 0 fully saturated rings. The molecule has 0 saturated heterocycles. The molecule has 0 aliphatic carbocycles. The molecular formula is C10H15N3O4. The van der Waals surface area contributed by atoms with Crippen LogP contribution in [-0.4, -0.2) is 27.3 Å². The lowest BCUT2D eigenvalue weighted by Crippen LogP contribution is -2.16. The molecule has 0 bridgehead atoms. The van der Waals surface area contributed by atoms with Gasteiger partial charge in [-0.25, -0.2) is 9.48 Å². The Morgan fingerprint density at radius 1 is 1.59 bits per heavy atom. The van der Waals surface area contributed by atoms with E-state index >= 15 is 0 Å². The summed E-state index contributed by atoms with van der Waals surface area (Å²) < 4.78 is 6.14. The smallest absolute Gasteiger partial charge is 0.363 e. The molecule has 94 valence electrons. The van der Waals surface area contributed by atoms with Crippen molar-refractivity contribution in [3.05, 3.63) is 21.5 Å². The van der Waals surface area contributed by atoms with E-state index in [0.717, 1.165) is 0 Å². The second-order valence-corrected chi connectivity index (χ2v) is 3.80. The lowest BCUT2D eigenvalue weighted by molar-refractivity contribution is -0.385. The highest BCUT2D eigenvalue weighted by Crippen LogP contribution is 2.26. The quantitative estimate of drug-likeness (QED) is 0.456. The summed E-state index contributed by atoms with van der Waals surface area (Å²) in [6.07, 6.45) is 0. The molecule has 1 rings (SSSR count). The number of hydrogen-bond donors (Lipinski definition) is 0. The maximum absolute atomic E-state index is 11.7. The Labute approximate surface area is 98.5 Å². The maximum atomic E-state index is 11.7. The monoisotopic (exact) mass is 241 g/mol. The SMILES string of the molecule is CCOC(=O)c1c([N+](=O)[O-])c(C)nn1C(C)C. The number of rotatable bonds is 4. The molecule has 0 N–H and O–H groups in total. The van der Waals surface area contributed by atoms with Crippen molar-refractivity contribution >= 4 is 11.7 Å². The second-order valence-electron chi connectivity index (χ2n) is 3.80. The molecule has 7 nitrogen and oxygen atoms in total. The van der Waals surface area contributed by atoms with Gasteiger partial charge in [-0.15, -0.1) is 0 Å². The first-order chi connectivity index (χ1) is 7.90. The van der Waals surface area contributed by atoms with Crippen LogP contribution >= 0.6 is 0 Å². The van der Waals surface area contributed by atoms with E-state index in [1.54, 1.807) is 20.8 Å². The zero-order valence-corrected chi connectivity index (χ0v) is 10.3. The molecule has 0 spiro atoms. The van der Waals surface area contributed by atoms with E-state index in [1.807, 2.05) is 0 Å². The van der Waals surface area contributed by atoms with Gasteiger partial charge in [0.05, 0.1) is 11.5 Å². The highest BCUT2D eigenvalue weighted by Gasteiger charge is 2.32. The van der Waals surface area contributed by atoms with Gasteiger partial charge in [-0.05, 0) is 27.7 Å². The van der Waals surface area contributed by atoms with Crippen LogP contribution in [0.1, 0.15) is 43.0 Å². The summed E-state index contributed by atoms with van der Waals surface area (Å²) in [5, 5.41) is 14.9. The van der Waals surface area contributed by atoms with Crippen LogP contribution < -0.4 is 0 Å². The maximum Gasteiger partial charge on any atom is 0.363 e. The predicted octanol–water partition coefficient (Wildman–Crippen LogP) is 1.86. The van der Waals surface area contributed by atoms with Gasteiger partial charge in [-0.2, -0.15) is 5.10 Å². The molecule has 0 saturated carbocycles. The number of hydrogen-bond acceptors (Lipinski definition) is 5. The van der Waals surface area contributed by atoms with E-state index in [-0.39, 0.29) is 29.7 Å². The second kappa shape index (κ2) is 4.94. The van der Waals surface area contributed by atoms with Crippen LogP contribution in [0.25, 0.3) is 0 Å². The van der Waals surface area contributed by atoms with Gasteiger partial charge >= 0.3 is 11.7 Å². The summed E-state index contributed by atoms with van der Waals surface area (Å²) >= 11 is 0. The molecule has 17 heavy (non-hydrogen) atoms. The normalized spacial score (nSPS) is 10.6. The number of carbonyl (C=O) groups is 1. The standard InChI is InChI=1S/C10H15N3O4/c1-5-17-10(14)9-8(13(15)16)7(4)11-12(9)6(2)3/h6H,5H2,1-4H3. The predicted molar refractivity (Wildman–Crippen MR) is 60.0 cm³/mol. The lowest BCUT2D eigenvalue weighted by Gasteiger charge is -2.08. The Balaban J connectivity index is 3.40. The number of esters is 1. The summed E-state index contributed by atoms with van der Waals surface area (Å²) in [6, 6.07) is -0.151. The van der Waals surface area contributed by atoms with E-state index in [2.05, 4.69) is 5.10 Å². The van der Waals surface area contributed by atoms with Crippen LogP contribution in [-0.2, 0) is 4.74 Å². The van der Waals surface area contributed by atoms with Gasteiger partial charge in [-0.3, -0.25) is 10.1 Å². The molecule has 0 atom stereocenters. The average molecular weight is 241 g/mol. The first kappa shape index (κ1) is 13.1. The van der Waals surface area contributed by atoms with E-state index in [9.17, 15) is 14.9 Å². The molecule has 0 radical (unpaired) electrons. The van der Waals surface area contributed by atoms with Crippen LogP contribution in [0.2, 0.25) is 0 Å². The van der Waals surface area contributed by atoms with E-state index in [4.69, 9.17) is 4.74 Å². The number of aromatic nitrogens is 2. The summed E-state index contributed by atoms with van der Waals surface area (Å²) in [4.78, 5) is 22.0. The molecule has 0 unspecified atom stereocenters. The van der Waals surface area contributed by atoms with Crippen LogP contribution in [0.4, 0.5) is 5.69 Å². The fourth-order valence-corrected chi connectivity index (χ4v) is 1.52. The molecule has 0 aromatic carbocycles. The average Bonchev–Trinajstić information content (AvgIpc) is 2.56. The molecule has 0 aliphatic rings. The first-order valence-corrected chi connectivity index (χ1v) is 5.30. The van der Waals surface area contributed by atoms with E-state index in [0.29, 0.717) is 0 Å². The van der Waals surface area contributed by atoms with Crippen molar-refractivity contribution in [2.75, 3.05) is 6.61 Å². The Morgan fingerprint density at radius 2 is 2.18 bits per heavy atom. The Kier molecular flexibility index (Phi) is 3.82. The van der Waals surface area contributed by atoms with Crippen molar-refractivity contribution in [1.82, 2.24) is 9.78 Å². The van der Waals surface area contributed by atoms with Crippen LogP contribution in [0.3, 0.4) is 0 Å². The molecular weight excluding hydrogens is 226 g/mol. The van der Waals surface area contributed by atoms with Crippen molar-refractivity contribution in [1.29, 1.82) is 0 Å². The Bertz CT molecular complexity index is 451. The highest BCUT2D eigenvalue weighted by atomic mass is 16.6. The van der Waals surface area contributed by atoms with Crippen molar-refractivity contribution in [3.63, 3.8) is 0 Å². The van der Waals surface area contributed by atoms with Gasteiger partial charge in [0.1, 0.15) is 5.69 Å². The van der Waals surface area contributed by atoms with Crippen LogP contribution in [0.5, 0.6) is 0 Å². The minimum atomic E-state index is -0.714. The number of ether oxygens (including phenoxy) is 1. The van der Waals surface area contributed by atoms with Crippen molar-refractivity contribution in [2.24, 2.45) is 0 Å². The van der Waals surface area contributed by atoms with Gasteiger partial charge in [0, 0.05) is 6.04 Å². The molecule has 1 heterocycles. The molecule has 1 aromatic rings. The zero-order valence-electron chi connectivity index (χ0n) is 10.3. The largest absolute Gasteiger partial charge is 0.461 e. The zero-order chi connectivity index (χ0) is 13.2. The molecule has 0 amide bonds. The molecule has 7 heteroatoms. The number of nitrogens with zero attached hydrogens (tertiary/aromatic N) is 3. The minimum absolute atomic E-state index is 0.0932. The topological polar surface area (TPSA) is 87.3 Å². The third kappa shape index (κ3) is 2.43. The van der Waals surface area contributed by atoms with Crippen LogP contribution in [0.15, 0.2) is 0 Å². The Hall–Kier alpha value is -1.92. The van der Waals surface area contributed by atoms with Crippen molar-refractivity contribution < 1.29 is 14.5 Å². The number of nitro groups is 1. The van der Waals surface area contributed by atoms with E-state index in [1.165, 1.54) is 11.6 Å². The van der Waals surface area contributed by atoms with Gasteiger partial charge in [0.25, 0.3) is 0 Å². The number of carbonyl (C=O) groups excluding carboxylic acids is 1. The summed E-state index contributed by atoms with van der Waals surface area (Å²) in [5.41, 5.74) is -0.159. The van der Waals surface area contributed by atoms with Crippen molar-refractivity contribution in [3.8, 4) is 0 Å². The molecule has 1 aromatic heterocycles. The lowest BCUT2D eigenvalue weighted by atomic mass is 10.3. The third-order valence-electron chi connectivity index (χ3n) is 2.19. The summed E-state index contributed by atoms with van der Waals surface area (Å²) in [6.45, 7) is 6.89. The fraction of sp³-hybridized carbons (Fsp3) is 0.600. The first-order valence-electron chi connectivity index (χ1n) is 5.30. The fourth-order valence-electron chi connectivity index (χ4n) is 1.52. The van der Waals surface area contributed by atoms with Gasteiger partial charge in [0.15, 0.2) is 0 Å². The Morgan fingerprint density at radius 3 is 2.59 bits per heavy atom. The highest BCUT2D eigenvalue weighted by molar-refractivity contribution is 5.92. The minimum Gasteiger partial charge on any atom is -0.461 e.